The minimum atomic E-state index is -2.74. The van der Waals surface area contributed by atoms with Gasteiger partial charge in [0, 0.05) is 9.37 Å². The first-order valence-corrected chi connectivity index (χ1v) is 6.95. The zero-order valence-corrected chi connectivity index (χ0v) is 10.5. The third kappa shape index (κ3) is 2.55. The summed E-state index contributed by atoms with van der Waals surface area (Å²) in [6.07, 6.45) is 3.12. The summed E-state index contributed by atoms with van der Waals surface area (Å²) in [5, 5.41) is 8.82. The summed E-state index contributed by atoms with van der Waals surface area (Å²) in [4.78, 5) is 0.518. The molecule has 0 radical (unpaired) electrons. The van der Waals surface area contributed by atoms with E-state index in [1.807, 2.05) is 0 Å². The molecule has 0 heterocycles. The third-order valence-electron chi connectivity index (χ3n) is 1.61. The molecular formula is C8H8BrClN2OS. The molecule has 0 bridgehead atoms. The van der Waals surface area contributed by atoms with Crippen molar-refractivity contribution in [2.24, 2.45) is 4.36 Å². The van der Waals surface area contributed by atoms with Crippen LogP contribution in [0.2, 0.25) is 5.02 Å². The first-order chi connectivity index (χ1) is 6.47. The van der Waals surface area contributed by atoms with Gasteiger partial charge in [0.1, 0.15) is 0 Å². The van der Waals surface area contributed by atoms with Crippen LogP contribution in [0.25, 0.3) is 0 Å². The monoisotopic (exact) mass is 294 g/mol. The maximum Gasteiger partial charge on any atom is 0.212 e. The van der Waals surface area contributed by atoms with Crippen LogP contribution in [0.15, 0.2) is 31.9 Å². The number of rotatable bonds is 1. The minimum Gasteiger partial charge on any atom is -0.340 e. The van der Waals surface area contributed by atoms with Gasteiger partial charge in [-0.2, -0.15) is 5.26 Å². The Morgan fingerprint density at radius 2 is 2.29 bits per heavy atom. The Labute approximate surface area is 96.7 Å². The summed E-state index contributed by atoms with van der Waals surface area (Å²) in [5.74, 6) is 0. The molecule has 0 saturated carbocycles. The van der Waals surface area contributed by atoms with Gasteiger partial charge in [0.2, 0.25) is 6.19 Å². The lowest BCUT2D eigenvalue weighted by molar-refractivity contribution is 0.634. The highest BCUT2D eigenvalue weighted by Crippen LogP contribution is 2.28. The van der Waals surface area contributed by atoms with Crippen molar-refractivity contribution in [1.29, 1.82) is 5.26 Å². The molecular weight excluding hydrogens is 288 g/mol. The molecule has 0 spiro atoms. The fraction of sp³-hybridized carbons (Fsp3) is 0.125. The highest BCUT2D eigenvalue weighted by atomic mass is 79.9. The van der Waals surface area contributed by atoms with Crippen LogP contribution in [-0.4, -0.2) is 10.8 Å². The Morgan fingerprint density at radius 1 is 1.64 bits per heavy atom. The third-order valence-corrected chi connectivity index (χ3v) is 4.32. The molecule has 14 heavy (non-hydrogen) atoms. The van der Waals surface area contributed by atoms with Gasteiger partial charge in [-0.1, -0.05) is 37.6 Å². The highest BCUT2D eigenvalue weighted by Gasteiger charge is 2.10. The molecule has 1 aromatic carbocycles. The van der Waals surface area contributed by atoms with Crippen molar-refractivity contribution in [2.75, 3.05) is 6.26 Å². The van der Waals surface area contributed by atoms with Gasteiger partial charge in [0.15, 0.2) is 0 Å². The van der Waals surface area contributed by atoms with Crippen LogP contribution < -0.4 is 0 Å². The molecule has 0 aromatic heterocycles. The van der Waals surface area contributed by atoms with Crippen LogP contribution >= 0.6 is 27.5 Å². The van der Waals surface area contributed by atoms with E-state index >= 15 is 0 Å². The van der Waals surface area contributed by atoms with Crippen LogP contribution in [0.1, 0.15) is 0 Å². The Hall–Kier alpha value is -0.410. The number of nitrogens with zero attached hydrogens (tertiary/aromatic N) is 2. The lowest BCUT2D eigenvalue weighted by Crippen LogP contribution is -2.07. The fourth-order valence-electron chi connectivity index (χ4n) is 0.966. The molecule has 1 aromatic rings. The minimum absolute atomic E-state index is 0.414. The molecule has 0 atom stereocenters. The Bertz CT molecular complexity index is 449. The van der Waals surface area contributed by atoms with Crippen molar-refractivity contribution in [3.63, 3.8) is 0 Å². The highest BCUT2D eigenvalue weighted by molar-refractivity contribution is 9.10. The number of thiol groups is 1. The summed E-state index contributed by atoms with van der Waals surface area (Å²) < 4.78 is 14.2. The molecule has 0 aliphatic heterocycles. The second-order valence-electron chi connectivity index (χ2n) is 2.71. The SMILES string of the molecule is C[SH](O)(=NC#N)c1ccc(Br)cc1Cl. The van der Waals surface area contributed by atoms with Crippen molar-refractivity contribution in [3.05, 3.63) is 27.7 Å². The van der Waals surface area contributed by atoms with Gasteiger partial charge in [0.25, 0.3) is 0 Å². The van der Waals surface area contributed by atoms with E-state index in [0.717, 1.165) is 4.47 Å². The normalized spacial score (nSPS) is 11.9. The van der Waals surface area contributed by atoms with Gasteiger partial charge < -0.3 is 4.55 Å². The molecule has 0 aliphatic carbocycles. The van der Waals surface area contributed by atoms with Gasteiger partial charge in [-0.05, 0) is 24.5 Å². The van der Waals surface area contributed by atoms with Gasteiger partial charge >= 0.3 is 0 Å². The van der Waals surface area contributed by atoms with E-state index in [9.17, 15) is 4.55 Å². The summed E-state index contributed by atoms with van der Waals surface area (Å²) in [5.41, 5.74) is 0. The topological polar surface area (TPSA) is 56.4 Å². The van der Waals surface area contributed by atoms with Crippen molar-refractivity contribution < 1.29 is 4.55 Å². The van der Waals surface area contributed by atoms with E-state index in [1.54, 1.807) is 24.4 Å². The largest absolute Gasteiger partial charge is 0.340 e. The van der Waals surface area contributed by atoms with Gasteiger partial charge in [-0.3, -0.25) is 0 Å². The van der Waals surface area contributed by atoms with Crippen molar-refractivity contribution in [2.45, 2.75) is 4.90 Å². The molecule has 1 N–H and O–H groups in total. The smallest absolute Gasteiger partial charge is 0.212 e. The zero-order valence-electron chi connectivity index (χ0n) is 7.28. The predicted octanol–water partition coefficient (Wildman–Crippen LogP) is 3.12. The van der Waals surface area contributed by atoms with Gasteiger partial charge in [-0.25, -0.2) is 0 Å². The number of hydrogen-bond donors (Lipinski definition) is 2. The second kappa shape index (κ2) is 4.41. The van der Waals surface area contributed by atoms with E-state index in [1.165, 1.54) is 6.26 Å². The van der Waals surface area contributed by atoms with Gasteiger partial charge in [0.05, 0.1) is 5.02 Å². The Kier molecular flexibility index (Phi) is 3.67. The van der Waals surface area contributed by atoms with Crippen molar-refractivity contribution in [1.82, 2.24) is 0 Å². The first-order valence-electron chi connectivity index (χ1n) is 3.63. The summed E-state index contributed by atoms with van der Waals surface area (Å²) >= 11 is 9.17. The second-order valence-corrected chi connectivity index (χ2v) is 6.54. The fourth-order valence-corrected chi connectivity index (χ4v) is 3.23. The quantitative estimate of drug-likeness (QED) is 0.618. The van der Waals surface area contributed by atoms with E-state index in [4.69, 9.17) is 16.9 Å². The summed E-state index contributed by atoms with van der Waals surface area (Å²) in [6.45, 7) is 0. The van der Waals surface area contributed by atoms with E-state index in [0.29, 0.717) is 9.92 Å². The number of benzene rings is 1. The lowest BCUT2D eigenvalue weighted by Gasteiger charge is -2.17. The molecule has 1 rings (SSSR count). The number of nitriles is 1. The van der Waals surface area contributed by atoms with Gasteiger partial charge in [-0.15, -0.1) is 4.36 Å². The predicted molar refractivity (Wildman–Crippen MR) is 62.8 cm³/mol. The van der Waals surface area contributed by atoms with E-state index in [-0.39, 0.29) is 0 Å². The van der Waals surface area contributed by atoms with Crippen molar-refractivity contribution in [3.8, 4) is 6.19 Å². The zero-order chi connectivity index (χ0) is 10.8. The van der Waals surface area contributed by atoms with Crippen LogP contribution in [0, 0.1) is 11.5 Å². The van der Waals surface area contributed by atoms with E-state index in [2.05, 4.69) is 20.3 Å². The Balaban J connectivity index is 3.36. The number of hydrogen-bond acceptors (Lipinski definition) is 2. The van der Waals surface area contributed by atoms with Crippen LogP contribution in [0.5, 0.6) is 0 Å². The molecule has 0 aliphatic rings. The van der Waals surface area contributed by atoms with E-state index < -0.39 is 10.1 Å². The number of halogens is 2. The van der Waals surface area contributed by atoms with Crippen LogP contribution in [0.3, 0.4) is 0 Å². The average molecular weight is 296 g/mol. The molecule has 0 amide bonds. The first kappa shape index (κ1) is 11.7. The molecule has 0 saturated heterocycles. The maximum atomic E-state index is 9.88. The van der Waals surface area contributed by atoms with Crippen LogP contribution in [0.4, 0.5) is 0 Å². The molecule has 0 unspecified atom stereocenters. The lowest BCUT2D eigenvalue weighted by atomic mass is 10.4. The molecule has 3 nitrogen and oxygen atoms in total. The molecule has 0 fully saturated rings. The van der Waals surface area contributed by atoms with Crippen molar-refractivity contribution >= 4 is 37.6 Å². The molecule has 76 valence electrons. The standard InChI is InChI=1S/C8H8BrClN2OS/c1-14(13,12-5-11)8-3-2-6(9)4-7(8)10/h2-4,14H,1H3,(H,12,13). The average Bonchev–Trinajstić information content (AvgIpc) is 2.02. The maximum absolute atomic E-state index is 9.88. The molecule has 6 heteroatoms. The summed E-state index contributed by atoms with van der Waals surface area (Å²) in [6, 6.07) is 5.09. The summed E-state index contributed by atoms with van der Waals surface area (Å²) in [7, 11) is -2.74. The van der Waals surface area contributed by atoms with Crippen LogP contribution in [-0.2, 0) is 10.1 Å². The Morgan fingerprint density at radius 3 is 2.79 bits per heavy atom.